The fraction of sp³-hybridized carbons (Fsp3) is 0.538. The molecule has 0 aliphatic carbocycles. The zero-order valence-corrected chi connectivity index (χ0v) is 12.3. The van der Waals surface area contributed by atoms with E-state index in [0.717, 1.165) is 23.1 Å². The minimum atomic E-state index is -3.39. The summed E-state index contributed by atoms with van der Waals surface area (Å²) in [5.41, 5.74) is 2.80. The van der Waals surface area contributed by atoms with E-state index in [9.17, 15) is 8.42 Å². The maximum absolute atomic E-state index is 12.2. The van der Waals surface area contributed by atoms with E-state index < -0.39 is 10.0 Å². The van der Waals surface area contributed by atoms with Crippen LogP contribution >= 0.6 is 0 Å². The monoisotopic (exact) mass is 270 g/mol. The van der Waals surface area contributed by atoms with Crippen molar-refractivity contribution in [2.45, 2.75) is 38.6 Å². The summed E-state index contributed by atoms with van der Waals surface area (Å²) in [6.45, 7) is 6.86. The summed E-state index contributed by atoms with van der Waals surface area (Å²) in [6.07, 6.45) is 0.785. The molecule has 0 fully saturated rings. The Hall–Kier alpha value is -0.910. The number of benzene rings is 1. The maximum Gasteiger partial charge on any atom is 0.240 e. The third kappa shape index (κ3) is 3.54. The van der Waals surface area contributed by atoms with E-state index in [-0.39, 0.29) is 0 Å². The Morgan fingerprint density at radius 2 is 1.89 bits per heavy atom. The molecule has 0 bridgehead atoms. The van der Waals surface area contributed by atoms with Gasteiger partial charge < -0.3 is 5.32 Å². The van der Waals surface area contributed by atoms with E-state index in [1.165, 1.54) is 0 Å². The lowest BCUT2D eigenvalue weighted by molar-refractivity contribution is 0.579. The van der Waals surface area contributed by atoms with E-state index in [1.54, 1.807) is 6.07 Å². The molecule has 0 heterocycles. The van der Waals surface area contributed by atoms with Crippen LogP contribution in [0.15, 0.2) is 17.0 Å². The van der Waals surface area contributed by atoms with Crippen LogP contribution in [0.25, 0.3) is 0 Å². The van der Waals surface area contributed by atoms with Gasteiger partial charge in [0.05, 0.1) is 4.90 Å². The molecule has 18 heavy (non-hydrogen) atoms. The lowest BCUT2D eigenvalue weighted by Crippen LogP contribution is -2.25. The Morgan fingerprint density at radius 1 is 1.22 bits per heavy atom. The lowest BCUT2D eigenvalue weighted by atomic mass is 10.1. The number of sulfonamides is 1. The molecule has 4 nitrogen and oxygen atoms in total. The number of aryl methyl sites for hydroxylation is 1. The van der Waals surface area contributed by atoms with Crippen molar-refractivity contribution in [3.8, 4) is 0 Å². The summed E-state index contributed by atoms with van der Waals surface area (Å²) in [5, 5.41) is 3.04. The van der Waals surface area contributed by atoms with Crippen LogP contribution in [0.4, 0.5) is 0 Å². The van der Waals surface area contributed by atoms with E-state index in [0.29, 0.717) is 18.0 Å². The van der Waals surface area contributed by atoms with Crippen molar-refractivity contribution in [2.75, 3.05) is 13.6 Å². The molecule has 0 unspecified atom stereocenters. The highest BCUT2D eigenvalue weighted by molar-refractivity contribution is 7.89. The summed E-state index contributed by atoms with van der Waals surface area (Å²) in [6, 6.07) is 3.77. The summed E-state index contributed by atoms with van der Waals surface area (Å²) in [5.74, 6) is 0. The normalized spacial score (nSPS) is 11.8. The van der Waals surface area contributed by atoms with Crippen LogP contribution < -0.4 is 10.0 Å². The van der Waals surface area contributed by atoms with Crippen LogP contribution in [0, 0.1) is 13.8 Å². The van der Waals surface area contributed by atoms with E-state index in [1.807, 2.05) is 33.9 Å². The van der Waals surface area contributed by atoms with Crippen LogP contribution in [0.2, 0.25) is 0 Å². The van der Waals surface area contributed by atoms with Gasteiger partial charge in [-0.1, -0.05) is 13.0 Å². The number of rotatable bonds is 6. The number of hydrogen-bond acceptors (Lipinski definition) is 3. The Balaban J connectivity index is 3.22. The Labute approximate surface area is 110 Å². The van der Waals surface area contributed by atoms with Crippen molar-refractivity contribution in [1.29, 1.82) is 0 Å². The van der Waals surface area contributed by atoms with Crippen LogP contribution in [0.3, 0.4) is 0 Å². The molecule has 0 aromatic heterocycles. The van der Waals surface area contributed by atoms with Crippen LogP contribution in [0.1, 0.15) is 30.0 Å². The summed E-state index contributed by atoms with van der Waals surface area (Å²) < 4.78 is 27.0. The molecule has 0 aliphatic rings. The SMILES string of the molecule is CCCNS(=O)(=O)c1cc(CNC)cc(C)c1C. The van der Waals surface area contributed by atoms with Crippen molar-refractivity contribution in [3.05, 3.63) is 28.8 Å². The molecule has 102 valence electrons. The minimum Gasteiger partial charge on any atom is -0.316 e. The lowest BCUT2D eigenvalue weighted by Gasteiger charge is -2.13. The van der Waals surface area contributed by atoms with Gasteiger partial charge in [-0.2, -0.15) is 0 Å². The van der Waals surface area contributed by atoms with Crippen LogP contribution in [-0.2, 0) is 16.6 Å². The molecule has 1 rings (SSSR count). The van der Waals surface area contributed by atoms with Gasteiger partial charge in [0.25, 0.3) is 0 Å². The minimum absolute atomic E-state index is 0.390. The van der Waals surface area contributed by atoms with Gasteiger partial charge in [0.15, 0.2) is 0 Å². The second kappa shape index (κ2) is 6.31. The fourth-order valence-electron chi connectivity index (χ4n) is 1.80. The fourth-order valence-corrected chi connectivity index (χ4v) is 3.30. The molecule has 0 spiro atoms. The van der Waals surface area contributed by atoms with Gasteiger partial charge in [-0.05, 0) is 50.1 Å². The second-order valence-corrected chi connectivity index (χ2v) is 6.20. The standard InChI is InChI=1S/C13H22N2O2S/c1-5-6-15-18(16,17)13-8-12(9-14-4)7-10(2)11(13)3/h7-8,14-15H,5-6,9H2,1-4H3. The van der Waals surface area contributed by atoms with Crippen molar-refractivity contribution in [2.24, 2.45) is 0 Å². The first-order valence-electron chi connectivity index (χ1n) is 6.16. The molecule has 0 amide bonds. The van der Waals surface area contributed by atoms with Gasteiger partial charge in [-0.15, -0.1) is 0 Å². The molecule has 0 radical (unpaired) electrons. The summed E-state index contributed by atoms with van der Waals surface area (Å²) in [7, 11) is -1.55. The van der Waals surface area contributed by atoms with E-state index >= 15 is 0 Å². The van der Waals surface area contributed by atoms with Crippen molar-refractivity contribution in [1.82, 2.24) is 10.0 Å². The molecule has 0 saturated heterocycles. The first kappa shape index (κ1) is 15.1. The van der Waals surface area contributed by atoms with Gasteiger partial charge in [0.1, 0.15) is 0 Å². The van der Waals surface area contributed by atoms with Gasteiger partial charge in [-0.3, -0.25) is 0 Å². The van der Waals surface area contributed by atoms with Crippen molar-refractivity contribution in [3.63, 3.8) is 0 Å². The molecular weight excluding hydrogens is 248 g/mol. The molecule has 0 aliphatic heterocycles. The van der Waals surface area contributed by atoms with Crippen molar-refractivity contribution >= 4 is 10.0 Å². The second-order valence-electron chi connectivity index (χ2n) is 4.46. The molecule has 1 aromatic rings. The molecule has 0 atom stereocenters. The van der Waals surface area contributed by atoms with E-state index in [2.05, 4.69) is 10.0 Å². The van der Waals surface area contributed by atoms with Crippen LogP contribution in [0.5, 0.6) is 0 Å². The Morgan fingerprint density at radius 3 is 2.44 bits per heavy atom. The predicted octanol–water partition coefficient (Wildman–Crippen LogP) is 1.71. The highest BCUT2D eigenvalue weighted by atomic mass is 32.2. The Kier molecular flexibility index (Phi) is 5.31. The highest BCUT2D eigenvalue weighted by Gasteiger charge is 2.18. The van der Waals surface area contributed by atoms with Gasteiger partial charge in [0, 0.05) is 13.1 Å². The Bertz CT molecular complexity index is 510. The average Bonchev–Trinajstić information content (AvgIpc) is 2.31. The maximum atomic E-state index is 12.2. The smallest absolute Gasteiger partial charge is 0.240 e. The van der Waals surface area contributed by atoms with Crippen LogP contribution in [-0.4, -0.2) is 22.0 Å². The van der Waals surface area contributed by atoms with Gasteiger partial charge in [-0.25, -0.2) is 13.1 Å². The molecule has 5 heteroatoms. The first-order valence-corrected chi connectivity index (χ1v) is 7.65. The van der Waals surface area contributed by atoms with Gasteiger partial charge >= 0.3 is 0 Å². The zero-order chi connectivity index (χ0) is 13.8. The number of hydrogen-bond donors (Lipinski definition) is 2. The summed E-state index contributed by atoms with van der Waals surface area (Å²) in [4.78, 5) is 0.390. The average molecular weight is 270 g/mol. The number of nitrogens with one attached hydrogen (secondary N) is 2. The largest absolute Gasteiger partial charge is 0.316 e. The molecule has 2 N–H and O–H groups in total. The van der Waals surface area contributed by atoms with E-state index in [4.69, 9.17) is 0 Å². The molecular formula is C13H22N2O2S. The highest BCUT2D eigenvalue weighted by Crippen LogP contribution is 2.21. The zero-order valence-electron chi connectivity index (χ0n) is 11.5. The summed E-state index contributed by atoms with van der Waals surface area (Å²) >= 11 is 0. The quantitative estimate of drug-likeness (QED) is 0.827. The topological polar surface area (TPSA) is 58.2 Å². The molecule has 1 aromatic carbocycles. The predicted molar refractivity (Wildman–Crippen MR) is 74.2 cm³/mol. The van der Waals surface area contributed by atoms with Gasteiger partial charge in [0.2, 0.25) is 10.0 Å². The van der Waals surface area contributed by atoms with Crippen molar-refractivity contribution < 1.29 is 8.42 Å². The first-order chi connectivity index (χ1) is 8.42. The third-order valence-corrected chi connectivity index (χ3v) is 4.48. The third-order valence-electron chi connectivity index (χ3n) is 2.89. The molecule has 0 saturated carbocycles.